The second kappa shape index (κ2) is 5.45. The van der Waals surface area contributed by atoms with Crippen molar-refractivity contribution in [3.8, 4) is 0 Å². The van der Waals surface area contributed by atoms with Gasteiger partial charge in [0.2, 0.25) is 0 Å². The van der Waals surface area contributed by atoms with Crippen molar-refractivity contribution in [2.24, 2.45) is 0 Å². The molecule has 1 aromatic rings. The summed E-state index contributed by atoms with van der Waals surface area (Å²) in [6.07, 6.45) is 0. The molecule has 1 aromatic carbocycles. The third-order valence-electron chi connectivity index (χ3n) is 1.78. The lowest BCUT2D eigenvalue weighted by Gasteiger charge is -2.05. The lowest BCUT2D eigenvalue weighted by molar-refractivity contribution is -0.139. The van der Waals surface area contributed by atoms with Gasteiger partial charge in [-0.25, -0.2) is 8.42 Å². The van der Waals surface area contributed by atoms with Gasteiger partial charge in [0.1, 0.15) is 0 Å². The minimum absolute atomic E-state index is 0.100. The molecule has 0 radical (unpaired) electrons. The van der Waals surface area contributed by atoms with E-state index < -0.39 is 21.6 Å². The number of hydrogen-bond donors (Lipinski definition) is 0. The number of carbonyl (C=O) groups is 1. The molecule has 16 heavy (non-hydrogen) atoms. The number of esters is 1. The summed E-state index contributed by atoms with van der Waals surface area (Å²) >= 11 is 3.13. The maximum Gasteiger partial charge on any atom is 0.321 e. The summed E-state index contributed by atoms with van der Waals surface area (Å²) in [6, 6.07) is 6.35. The van der Waals surface area contributed by atoms with Crippen molar-refractivity contribution in [1.29, 1.82) is 0 Å². The second-order valence-electron chi connectivity index (χ2n) is 2.99. The number of hydrogen-bond acceptors (Lipinski definition) is 4. The van der Waals surface area contributed by atoms with E-state index in [9.17, 15) is 13.2 Å². The van der Waals surface area contributed by atoms with Crippen LogP contribution in [0.1, 0.15) is 6.92 Å². The Morgan fingerprint density at radius 1 is 1.38 bits per heavy atom. The molecule has 4 nitrogen and oxygen atoms in total. The smallest absolute Gasteiger partial charge is 0.321 e. The maximum atomic E-state index is 11.8. The minimum Gasteiger partial charge on any atom is -0.465 e. The standard InChI is InChI=1S/C10H11BrO4S/c1-2-15-10(12)7-16(13,14)9-6-4-3-5-8(9)11/h3-6H,2,7H2,1H3. The summed E-state index contributed by atoms with van der Waals surface area (Å²) in [5, 5.41) is 0. The summed E-state index contributed by atoms with van der Waals surface area (Å²) < 4.78 is 28.7. The topological polar surface area (TPSA) is 60.4 Å². The molecule has 0 saturated carbocycles. The molecule has 0 aliphatic rings. The van der Waals surface area contributed by atoms with E-state index in [0.717, 1.165) is 0 Å². The first-order valence-electron chi connectivity index (χ1n) is 4.60. The van der Waals surface area contributed by atoms with Crippen LogP contribution in [0.3, 0.4) is 0 Å². The van der Waals surface area contributed by atoms with Crippen LogP contribution < -0.4 is 0 Å². The summed E-state index contributed by atoms with van der Waals surface area (Å²) in [5.41, 5.74) is 0. The summed E-state index contributed by atoms with van der Waals surface area (Å²) in [6.45, 7) is 1.80. The van der Waals surface area contributed by atoms with E-state index in [-0.39, 0.29) is 11.5 Å². The van der Waals surface area contributed by atoms with Gasteiger partial charge in [-0.15, -0.1) is 0 Å². The van der Waals surface area contributed by atoms with Gasteiger partial charge in [-0.1, -0.05) is 12.1 Å². The largest absolute Gasteiger partial charge is 0.465 e. The molecule has 0 unspecified atom stereocenters. The molecule has 1 rings (SSSR count). The molecule has 0 aliphatic heterocycles. The van der Waals surface area contributed by atoms with Gasteiger partial charge in [-0.2, -0.15) is 0 Å². The molecule has 0 atom stereocenters. The highest BCUT2D eigenvalue weighted by Gasteiger charge is 2.22. The molecule has 0 bridgehead atoms. The van der Waals surface area contributed by atoms with Crippen LogP contribution in [0.5, 0.6) is 0 Å². The van der Waals surface area contributed by atoms with Crippen molar-refractivity contribution in [2.75, 3.05) is 12.4 Å². The van der Waals surface area contributed by atoms with Crippen molar-refractivity contribution in [2.45, 2.75) is 11.8 Å². The first kappa shape index (κ1) is 13.2. The van der Waals surface area contributed by atoms with E-state index in [0.29, 0.717) is 4.47 Å². The highest BCUT2D eigenvalue weighted by atomic mass is 79.9. The highest BCUT2D eigenvalue weighted by Crippen LogP contribution is 2.22. The molecule has 0 amide bonds. The zero-order chi connectivity index (χ0) is 12.2. The molecule has 0 aliphatic carbocycles. The summed E-state index contributed by atoms with van der Waals surface area (Å²) in [5.74, 6) is -1.37. The van der Waals surface area contributed by atoms with Crippen LogP contribution in [0.2, 0.25) is 0 Å². The van der Waals surface area contributed by atoms with Crippen LogP contribution in [0.25, 0.3) is 0 Å². The Balaban J connectivity index is 2.95. The highest BCUT2D eigenvalue weighted by molar-refractivity contribution is 9.10. The number of rotatable bonds is 4. The maximum absolute atomic E-state index is 11.8. The number of sulfone groups is 1. The molecule has 88 valence electrons. The minimum atomic E-state index is -3.63. The molecular formula is C10H11BrO4S. The summed E-state index contributed by atoms with van der Waals surface area (Å²) in [7, 11) is -3.63. The fraction of sp³-hybridized carbons (Fsp3) is 0.300. The van der Waals surface area contributed by atoms with Gasteiger partial charge < -0.3 is 4.74 Å². The van der Waals surface area contributed by atoms with Gasteiger partial charge in [0.15, 0.2) is 15.6 Å². The van der Waals surface area contributed by atoms with Crippen LogP contribution >= 0.6 is 15.9 Å². The molecule has 0 N–H and O–H groups in total. The predicted octanol–water partition coefficient (Wildman–Crippen LogP) is 1.79. The molecule has 0 heterocycles. The van der Waals surface area contributed by atoms with Gasteiger partial charge in [0.05, 0.1) is 11.5 Å². The number of carbonyl (C=O) groups excluding carboxylic acids is 1. The van der Waals surface area contributed by atoms with Crippen molar-refractivity contribution >= 4 is 31.7 Å². The first-order valence-corrected chi connectivity index (χ1v) is 7.05. The van der Waals surface area contributed by atoms with Gasteiger partial charge in [0.25, 0.3) is 0 Å². The van der Waals surface area contributed by atoms with Crippen molar-refractivity contribution in [1.82, 2.24) is 0 Å². The number of ether oxygens (including phenoxy) is 1. The Labute approximate surface area is 103 Å². The number of halogens is 1. The van der Waals surface area contributed by atoms with E-state index in [1.807, 2.05) is 0 Å². The lowest BCUT2D eigenvalue weighted by Crippen LogP contribution is -2.18. The Morgan fingerprint density at radius 3 is 2.56 bits per heavy atom. The average Bonchev–Trinajstić information content (AvgIpc) is 2.17. The van der Waals surface area contributed by atoms with Crippen molar-refractivity contribution in [3.05, 3.63) is 28.7 Å². The predicted molar refractivity (Wildman–Crippen MR) is 62.8 cm³/mol. The van der Waals surface area contributed by atoms with E-state index in [1.54, 1.807) is 25.1 Å². The monoisotopic (exact) mass is 306 g/mol. The van der Waals surface area contributed by atoms with Gasteiger partial charge >= 0.3 is 5.97 Å². The Kier molecular flexibility index (Phi) is 4.49. The van der Waals surface area contributed by atoms with Crippen LogP contribution in [0.15, 0.2) is 33.6 Å². The SMILES string of the molecule is CCOC(=O)CS(=O)(=O)c1ccccc1Br. The molecule has 0 aromatic heterocycles. The zero-order valence-corrected chi connectivity index (χ0v) is 11.0. The summed E-state index contributed by atoms with van der Waals surface area (Å²) in [4.78, 5) is 11.2. The van der Waals surface area contributed by atoms with Crippen LogP contribution in [0.4, 0.5) is 0 Å². The first-order chi connectivity index (χ1) is 7.47. The molecule has 0 spiro atoms. The third-order valence-corrected chi connectivity index (χ3v) is 4.38. The van der Waals surface area contributed by atoms with E-state index in [4.69, 9.17) is 0 Å². The molecular weight excluding hydrogens is 296 g/mol. The Bertz CT molecular complexity index is 481. The fourth-order valence-corrected chi connectivity index (χ4v) is 3.36. The van der Waals surface area contributed by atoms with E-state index in [1.165, 1.54) is 6.07 Å². The molecule has 0 saturated heterocycles. The van der Waals surface area contributed by atoms with Crippen LogP contribution in [-0.4, -0.2) is 26.7 Å². The Hall–Kier alpha value is -0.880. The molecule has 6 heteroatoms. The van der Waals surface area contributed by atoms with Gasteiger partial charge in [-0.3, -0.25) is 4.79 Å². The lowest BCUT2D eigenvalue weighted by atomic mass is 10.4. The van der Waals surface area contributed by atoms with E-state index >= 15 is 0 Å². The third kappa shape index (κ3) is 3.31. The average molecular weight is 307 g/mol. The second-order valence-corrected chi connectivity index (χ2v) is 5.81. The van der Waals surface area contributed by atoms with E-state index in [2.05, 4.69) is 20.7 Å². The normalized spacial score (nSPS) is 11.1. The quantitative estimate of drug-likeness (QED) is 0.796. The zero-order valence-electron chi connectivity index (χ0n) is 8.64. The van der Waals surface area contributed by atoms with Gasteiger partial charge in [0, 0.05) is 4.47 Å². The van der Waals surface area contributed by atoms with Gasteiger partial charge in [-0.05, 0) is 35.0 Å². The van der Waals surface area contributed by atoms with Crippen LogP contribution in [0, 0.1) is 0 Å². The van der Waals surface area contributed by atoms with Crippen LogP contribution in [-0.2, 0) is 19.4 Å². The van der Waals surface area contributed by atoms with Crippen molar-refractivity contribution in [3.63, 3.8) is 0 Å². The van der Waals surface area contributed by atoms with Crippen molar-refractivity contribution < 1.29 is 17.9 Å². The Morgan fingerprint density at radius 2 is 2.00 bits per heavy atom. The number of benzene rings is 1. The molecule has 0 fully saturated rings. The fourth-order valence-electron chi connectivity index (χ4n) is 1.13.